The molecule has 1 saturated heterocycles. The summed E-state index contributed by atoms with van der Waals surface area (Å²) in [6.07, 6.45) is 2.82. The van der Waals surface area contributed by atoms with Crippen LogP contribution in [0.2, 0.25) is 0 Å². The fourth-order valence-corrected chi connectivity index (χ4v) is 3.00. The third-order valence-corrected chi connectivity index (χ3v) is 4.76. The molecule has 0 bridgehead atoms. The molecule has 1 aliphatic heterocycles. The summed E-state index contributed by atoms with van der Waals surface area (Å²) in [5.74, 6) is -2.43. The van der Waals surface area contributed by atoms with E-state index in [2.05, 4.69) is 20.6 Å². The molecule has 2 N–H and O–H groups in total. The van der Waals surface area contributed by atoms with Crippen LogP contribution >= 0.6 is 0 Å². The highest BCUT2D eigenvalue weighted by Crippen LogP contribution is 2.37. The van der Waals surface area contributed by atoms with Crippen LogP contribution in [0.3, 0.4) is 0 Å². The minimum Gasteiger partial charge on any atom is -0.475 e. The molecule has 1 saturated carbocycles. The van der Waals surface area contributed by atoms with Gasteiger partial charge in [-0.2, -0.15) is 4.98 Å². The standard InChI is InChI=1S/C19H27F2N5O4/c1-11(2)6-13(16(27)22-3)24-18(28)30-14-7-23-15(26-9-19(20,21)10-26)17(25-14)29-8-12-4-5-12/h7,11-13H,4-6,8-10H2,1-3H3,(H,22,27)(H,24,28)/t13-/m0/s1. The zero-order valence-corrected chi connectivity index (χ0v) is 17.3. The Morgan fingerprint density at radius 2 is 2.03 bits per heavy atom. The number of nitrogens with one attached hydrogen (secondary N) is 2. The second kappa shape index (κ2) is 8.97. The highest BCUT2D eigenvalue weighted by atomic mass is 19.3. The summed E-state index contributed by atoms with van der Waals surface area (Å²) in [5, 5.41) is 5.00. The van der Waals surface area contributed by atoms with Crippen LogP contribution in [0.1, 0.15) is 33.1 Å². The highest BCUT2D eigenvalue weighted by molar-refractivity contribution is 5.85. The van der Waals surface area contributed by atoms with Crippen molar-refractivity contribution in [2.75, 3.05) is 31.6 Å². The second-order valence-corrected chi connectivity index (χ2v) is 8.13. The van der Waals surface area contributed by atoms with Crippen molar-refractivity contribution in [3.8, 4) is 11.8 Å². The number of amides is 2. The number of anilines is 1. The van der Waals surface area contributed by atoms with Gasteiger partial charge in [-0.05, 0) is 31.1 Å². The van der Waals surface area contributed by atoms with Crippen LogP contribution in [0, 0.1) is 11.8 Å². The first kappa shape index (κ1) is 22.0. The first-order valence-electron chi connectivity index (χ1n) is 9.99. The lowest BCUT2D eigenvalue weighted by Crippen LogP contribution is -2.56. The van der Waals surface area contributed by atoms with E-state index in [4.69, 9.17) is 9.47 Å². The second-order valence-electron chi connectivity index (χ2n) is 8.13. The van der Waals surface area contributed by atoms with Gasteiger partial charge < -0.3 is 25.0 Å². The Morgan fingerprint density at radius 1 is 1.33 bits per heavy atom. The molecule has 2 heterocycles. The summed E-state index contributed by atoms with van der Waals surface area (Å²) in [7, 11) is 1.48. The van der Waals surface area contributed by atoms with Crippen molar-refractivity contribution in [2.45, 2.75) is 45.1 Å². The summed E-state index contributed by atoms with van der Waals surface area (Å²) in [6.45, 7) is 3.32. The Kier molecular flexibility index (Phi) is 6.57. The molecule has 1 aromatic rings. The van der Waals surface area contributed by atoms with E-state index in [1.807, 2.05) is 13.8 Å². The molecule has 2 aliphatic rings. The number of halogens is 2. The minimum absolute atomic E-state index is 0.0488. The molecule has 1 atom stereocenters. The third kappa shape index (κ3) is 5.90. The molecular formula is C19H27F2N5O4. The average molecular weight is 427 g/mol. The lowest BCUT2D eigenvalue weighted by atomic mass is 10.0. The van der Waals surface area contributed by atoms with E-state index in [1.165, 1.54) is 18.1 Å². The Labute approximate surface area is 173 Å². The highest BCUT2D eigenvalue weighted by Gasteiger charge is 2.46. The topological polar surface area (TPSA) is 106 Å². The number of ether oxygens (including phenoxy) is 2. The summed E-state index contributed by atoms with van der Waals surface area (Å²) in [5.41, 5.74) is 0. The number of carbonyl (C=O) groups excluding carboxylic acids is 2. The Hall–Kier alpha value is -2.72. The van der Waals surface area contributed by atoms with Crippen LogP contribution in [-0.4, -0.2) is 60.7 Å². The maximum atomic E-state index is 13.2. The first-order chi connectivity index (χ1) is 14.2. The van der Waals surface area contributed by atoms with E-state index >= 15 is 0 Å². The van der Waals surface area contributed by atoms with Gasteiger partial charge in [-0.1, -0.05) is 13.8 Å². The number of nitrogens with zero attached hydrogens (tertiary/aromatic N) is 3. The van der Waals surface area contributed by atoms with Crippen LogP contribution < -0.4 is 25.0 Å². The van der Waals surface area contributed by atoms with Crippen molar-refractivity contribution >= 4 is 17.8 Å². The van der Waals surface area contributed by atoms with Gasteiger partial charge in [0.05, 0.1) is 25.9 Å². The van der Waals surface area contributed by atoms with Crippen molar-refractivity contribution in [3.05, 3.63) is 6.20 Å². The van der Waals surface area contributed by atoms with Gasteiger partial charge in [0.2, 0.25) is 11.8 Å². The monoisotopic (exact) mass is 427 g/mol. The van der Waals surface area contributed by atoms with Gasteiger partial charge in [0.25, 0.3) is 11.8 Å². The maximum Gasteiger partial charge on any atom is 0.414 e. The van der Waals surface area contributed by atoms with Gasteiger partial charge >= 0.3 is 6.09 Å². The molecule has 2 fully saturated rings. The van der Waals surface area contributed by atoms with Crippen LogP contribution in [0.5, 0.6) is 11.8 Å². The lowest BCUT2D eigenvalue weighted by molar-refractivity contribution is -0.122. The maximum absolute atomic E-state index is 13.2. The minimum atomic E-state index is -2.77. The van der Waals surface area contributed by atoms with Crippen LogP contribution in [0.15, 0.2) is 6.20 Å². The molecule has 30 heavy (non-hydrogen) atoms. The molecule has 3 rings (SSSR count). The van der Waals surface area contributed by atoms with Gasteiger partial charge in [-0.15, -0.1) is 0 Å². The number of carbonyl (C=O) groups is 2. The zero-order chi connectivity index (χ0) is 21.9. The largest absolute Gasteiger partial charge is 0.475 e. The van der Waals surface area contributed by atoms with Crippen molar-refractivity contribution < 1.29 is 27.8 Å². The van der Waals surface area contributed by atoms with E-state index in [1.54, 1.807) is 0 Å². The Balaban J connectivity index is 1.67. The van der Waals surface area contributed by atoms with Crippen molar-refractivity contribution in [1.82, 2.24) is 20.6 Å². The van der Waals surface area contributed by atoms with E-state index < -0.39 is 31.1 Å². The molecule has 1 aliphatic carbocycles. The summed E-state index contributed by atoms with van der Waals surface area (Å²) < 4.78 is 37.3. The van der Waals surface area contributed by atoms with Crippen molar-refractivity contribution in [2.24, 2.45) is 11.8 Å². The average Bonchev–Trinajstić information content (AvgIpc) is 3.47. The van der Waals surface area contributed by atoms with Gasteiger partial charge in [0.1, 0.15) is 6.04 Å². The summed E-state index contributed by atoms with van der Waals surface area (Å²) >= 11 is 0. The van der Waals surface area contributed by atoms with Crippen molar-refractivity contribution in [1.29, 1.82) is 0 Å². The molecule has 11 heteroatoms. The fourth-order valence-electron chi connectivity index (χ4n) is 3.00. The number of rotatable bonds is 9. The SMILES string of the molecule is CNC(=O)[C@H](CC(C)C)NC(=O)Oc1cnc(N2CC(F)(F)C2)c(OCC2CC2)n1. The van der Waals surface area contributed by atoms with E-state index in [0.717, 1.165) is 12.8 Å². The number of hydrogen-bond donors (Lipinski definition) is 2. The molecule has 1 aromatic heterocycles. The Bertz CT molecular complexity index is 780. The van der Waals surface area contributed by atoms with Crippen LogP contribution in [-0.2, 0) is 4.79 Å². The normalized spacial score (nSPS) is 18.4. The number of likely N-dealkylation sites (N-methyl/N-ethyl adjacent to an activating group) is 1. The van der Waals surface area contributed by atoms with Gasteiger partial charge in [0.15, 0.2) is 5.82 Å². The van der Waals surface area contributed by atoms with Crippen molar-refractivity contribution in [3.63, 3.8) is 0 Å². The summed E-state index contributed by atoms with van der Waals surface area (Å²) in [6, 6.07) is -0.761. The molecule has 0 aromatic carbocycles. The fraction of sp³-hybridized carbons (Fsp3) is 0.684. The predicted molar refractivity (Wildman–Crippen MR) is 104 cm³/mol. The summed E-state index contributed by atoms with van der Waals surface area (Å²) in [4.78, 5) is 33.8. The van der Waals surface area contributed by atoms with E-state index in [-0.39, 0.29) is 29.4 Å². The predicted octanol–water partition coefficient (Wildman–Crippen LogP) is 1.97. The molecular weight excluding hydrogens is 400 g/mol. The number of alkyl halides is 2. The molecule has 2 amide bonds. The van der Waals surface area contributed by atoms with E-state index in [0.29, 0.717) is 18.9 Å². The Morgan fingerprint density at radius 3 is 2.60 bits per heavy atom. The first-order valence-corrected chi connectivity index (χ1v) is 9.99. The van der Waals surface area contributed by atoms with E-state index in [9.17, 15) is 18.4 Å². The number of aromatic nitrogens is 2. The zero-order valence-electron chi connectivity index (χ0n) is 17.3. The molecule has 0 spiro atoms. The van der Waals surface area contributed by atoms with Crippen LogP contribution in [0.4, 0.5) is 19.4 Å². The van der Waals surface area contributed by atoms with Gasteiger partial charge in [-0.25, -0.2) is 18.6 Å². The number of hydrogen-bond acceptors (Lipinski definition) is 7. The smallest absolute Gasteiger partial charge is 0.414 e. The molecule has 0 radical (unpaired) electrons. The van der Waals surface area contributed by atoms with Gasteiger partial charge in [-0.3, -0.25) is 4.79 Å². The van der Waals surface area contributed by atoms with Crippen LogP contribution in [0.25, 0.3) is 0 Å². The molecule has 166 valence electrons. The molecule has 0 unspecified atom stereocenters. The molecule has 9 nitrogen and oxygen atoms in total. The third-order valence-electron chi connectivity index (χ3n) is 4.76. The van der Waals surface area contributed by atoms with Gasteiger partial charge in [0, 0.05) is 7.05 Å². The quantitative estimate of drug-likeness (QED) is 0.621. The lowest BCUT2D eigenvalue weighted by Gasteiger charge is -2.39.